The molecule has 6 nitrogen and oxygen atoms in total. The van der Waals surface area contributed by atoms with Gasteiger partial charge in [0.2, 0.25) is 11.8 Å². The fraction of sp³-hybridized carbons (Fsp3) is 0.529. The van der Waals surface area contributed by atoms with E-state index in [0.29, 0.717) is 19.6 Å². The van der Waals surface area contributed by atoms with Gasteiger partial charge in [0.1, 0.15) is 0 Å². The molecule has 2 aliphatic rings. The molecular weight excluding hydrogens is 292 g/mol. The summed E-state index contributed by atoms with van der Waals surface area (Å²) in [7, 11) is 0. The third-order valence-electron chi connectivity index (χ3n) is 4.57. The smallest absolute Gasteiger partial charge is 0.227 e. The Balaban J connectivity index is 1.64. The summed E-state index contributed by atoms with van der Waals surface area (Å²) in [6.45, 7) is 3.51. The van der Waals surface area contributed by atoms with E-state index in [4.69, 9.17) is 5.73 Å². The fourth-order valence-corrected chi connectivity index (χ4v) is 3.29. The number of anilines is 2. The van der Waals surface area contributed by atoms with Gasteiger partial charge in [-0.25, -0.2) is 0 Å². The fourth-order valence-electron chi connectivity index (χ4n) is 3.29. The molecular formula is C17H24N4O2. The number of carbonyl (C=O) groups excluding carboxylic acids is 2. The quantitative estimate of drug-likeness (QED) is 0.839. The van der Waals surface area contributed by atoms with Crippen LogP contribution in [-0.4, -0.2) is 44.5 Å². The van der Waals surface area contributed by atoms with E-state index in [1.54, 1.807) is 4.90 Å². The minimum Gasteiger partial charge on any atom is -0.372 e. The number of nitrogens with two attached hydrogens (primary N) is 1. The Kier molecular flexibility index (Phi) is 4.81. The lowest BCUT2D eigenvalue weighted by molar-refractivity contribution is -0.126. The highest BCUT2D eigenvalue weighted by atomic mass is 16.2. The largest absolute Gasteiger partial charge is 0.372 e. The van der Waals surface area contributed by atoms with Crippen LogP contribution in [-0.2, 0) is 9.59 Å². The van der Waals surface area contributed by atoms with Gasteiger partial charge in [0.15, 0.2) is 0 Å². The zero-order valence-corrected chi connectivity index (χ0v) is 13.3. The topological polar surface area (TPSA) is 78.7 Å². The van der Waals surface area contributed by atoms with Crippen molar-refractivity contribution in [1.82, 2.24) is 5.32 Å². The molecule has 6 heteroatoms. The van der Waals surface area contributed by atoms with Crippen molar-refractivity contribution in [1.29, 1.82) is 0 Å². The van der Waals surface area contributed by atoms with Crippen LogP contribution < -0.4 is 20.9 Å². The molecule has 1 unspecified atom stereocenters. The molecule has 0 saturated carbocycles. The predicted octanol–water partition coefficient (Wildman–Crippen LogP) is 0.715. The van der Waals surface area contributed by atoms with E-state index in [0.717, 1.165) is 18.8 Å². The molecule has 2 saturated heterocycles. The second kappa shape index (κ2) is 7.00. The molecule has 0 aliphatic carbocycles. The summed E-state index contributed by atoms with van der Waals surface area (Å²) in [5.41, 5.74) is 7.46. The number of amides is 2. The Labute approximate surface area is 136 Å². The van der Waals surface area contributed by atoms with Crippen LogP contribution in [0.4, 0.5) is 11.4 Å². The van der Waals surface area contributed by atoms with Crippen LogP contribution >= 0.6 is 0 Å². The number of nitrogens with one attached hydrogen (secondary N) is 1. The van der Waals surface area contributed by atoms with Crippen LogP contribution in [0, 0.1) is 5.92 Å². The van der Waals surface area contributed by atoms with Crippen molar-refractivity contribution in [3.8, 4) is 0 Å². The van der Waals surface area contributed by atoms with Crippen LogP contribution in [0.5, 0.6) is 0 Å². The van der Waals surface area contributed by atoms with Crippen LogP contribution in [0.2, 0.25) is 0 Å². The van der Waals surface area contributed by atoms with Crippen LogP contribution in [0.1, 0.15) is 19.3 Å². The third-order valence-corrected chi connectivity index (χ3v) is 4.57. The first kappa shape index (κ1) is 15.8. The summed E-state index contributed by atoms with van der Waals surface area (Å²) >= 11 is 0. The Morgan fingerprint density at radius 3 is 2.48 bits per heavy atom. The summed E-state index contributed by atoms with van der Waals surface area (Å²) in [6, 6.07) is 8.09. The van der Waals surface area contributed by atoms with Gasteiger partial charge in [-0.1, -0.05) is 0 Å². The number of carbonyl (C=O) groups is 2. The molecule has 23 heavy (non-hydrogen) atoms. The summed E-state index contributed by atoms with van der Waals surface area (Å²) in [5.74, 6) is -0.362. The SMILES string of the molecule is NCCNC(=O)C1CC(=O)N(c2ccc(N3CCCC3)cc2)C1. The standard InChI is InChI=1S/C17H24N4O2/c18-7-8-19-17(23)13-11-16(22)21(12-13)15-5-3-14(4-6-15)20-9-1-2-10-20/h3-6,13H,1-2,7-12,18H2,(H,19,23). The van der Waals surface area contributed by atoms with Gasteiger partial charge in [-0.05, 0) is 37.1 Å². The molecule has 2 aliphatic heterocycles. The molecule has 3 rings (SSSR count). The van der Waals surface area contributed by atoms with E-state index in [1.807, 2.05) is 12.1 Å². The van der Waals surface area contributed by atoms with Crippen LogP contribution in [0.3, 0.4) is 0 Å². The van der Waals surface area contributed by atoms with Gasteiger partial charge >= 0.3 is 0 Å². The first-order chi connectivity index (χ1) is 11.2. The number of nitrogens with zero attached hydrogens (tertiary/aromatic N) is 2. The van der Waals surface area contributed by atoms with E-state index in [-0.39, 0.29) is 24.2 Å². The van der Waals surface area contributed by atoms with Gasteiger partial charge < -0.3 is 20.9 Å². The van der Waals surface area contributed by atoms with E-state index >= 15 is 0 Å². The van der Waals surface area contributed by atoms with Crippen molar-refractivity contribution < 1.29 is 9.59 Å². The summed E-state index contributed by atoms with van der Waals surface area (Å²) in [4.78, 5) is 28.3. The predicted molar refractivity (Wildman–Crippen MR) is 90.4 cm³/mol. The van der Waals surface area contributed by atoms with Gasteiger partial charge in [0.25, 0.3) is 0 Å². The van der Waals surface area contributed by atoms with Crippen LogP contribution in [0.15, 0.2) is 24.3 Å². The van der Waals surface area contributed by atoms with Crippen molar-refractivity contribution >= 4 is 23.2 Å². The minimum atomic E-state index is -0.285. The van der Waals surface area contributed by atoms with E-state index in [2.05, 4.69) is 22.3 Å². The maximum Gasteiger partial charge on any atom is 0.227 e. The molecule has 2 fully saturated rings. The normalized spacial score (nSPS) is 21.1. The lowest BCUT2D eigenvalue weighted by atomic mass is 10.1. The molecule has 1 aromatic carbocycles. The Hall–Kier alpha value is -2.08. The van der Waals surface area contributed by atoms with Gasteiger partial charge in [0.05, 0.1) is 5.92 Å². The summed E-state index contributed by atoms with van der Waals surface area (Å²) < 4.78 is 0. The average molecular weight is 316 g/mol. The number of rotatable bonds is 5. The Morgan fingerprint density at radius 1 is 1.17 bits per heavy atom. The maximum atomic E-state index is 12.2. The summed E-state index contributed by atoms with van der Waals surface area (Å²) in [6.07, 6.45) is 2.75. The molecule has 0 spiro atoms. The minimum absolute atomic E-state index is 0.00632. The molecule has 1 aromatic rings. The van der Waals surface area contributed by atoms with Crippen molar-refractivity contribution in [2.45, 2.75) is 19.3 Å². The molecule has 0 radical (unpaired) electrons. The molecule has 2 amide bonds. The third kappa shape index (κ3) is 3.47. The lowest BCUT2D eigenvalue weighted by Crippen LogP contribution is -2.35. The maximum absolute atomic E-state index is 12.2. The van der Waals surface area contributed by atoms with Gasteiger partial charge in [-0.15, -0.1) is 0 Å². The molecule has 2 heterocycles. The first-order valence-corrected chi connectivity index (χ1v) is 8.32. The summed E-state index contributed by atoms with van der Waals surface area (Å²) in [5, 5.41) is 2.76. The van der Waals surface area contributed by atoms with Crippen LogP contribution in [0.25, 0.3) is 0 Å². The lowest BCUT2D eigenvalue weighted by Gasteiger charge is -2.20. The van der Waals surface area contributed by atoms with Crippen molar-refractivity contribution in [2.24, 2.45) is 11.7 Å². The average Bonchev–Trinajstić information content (AvgIpc) is 3.22. The van der Waals surface area contributed by atoms with Gasteiger partial charge in [0, 0.05) is 50.5 Å². The highest BCUT2D eigenvalue weighted by Gasteiger charge is 2.34. The van der Waals surface area contributed by atoms with Crippen molar-refractivity contribution in [3.05, 3.63) is 24.3 Å². The molecule has 0 bridgehead atoms. The van der Waals surface area contributed by atoms with Crippen molar-refractivity contribution in [2.75, 3.05) is 42.5 Å². The van der Waals surface area contributed by atoms with Gasteiger partial charge in [-0.3, -0.25) is 9.59 Å². The molecule has 3 N–H and O–H groups in total. The van der Waals surface area contributed by atoms with Gasteiger partial charge in [-0.2, -0.15) is 0 Å². The Morgan fingerprint density at radius 2 is 1.83 bits per heavy atom. The molecule has 0 aromatic heterocycles. The highest BCUT2D eigenvalue weighted by Crippen LogP contribution is 2.28. The first-order valence-electron chi connectivity index (χ1n) is 8.32. The second-order valence-electron chi connectivity index (χ2n) is 6.20. The monoisotopic (exact) mass is 316 g/mol. The zero-order valence-electron chi connectivity index (χ0n) is 13.3. The van der Waals surface area contributed by atoms with Crippen molar-refractivity contribution in [3.63, 3.8) is 0 Å². The van der Waals surface area contributed by atoms with E-state index in [9.17, 15) is 9.59 Å². The van der Waals surface area contributed by atoms with E-state index in [1.165, 1.54) is 18.5 Å². The highest BCUT2D eigenvalue weighted by molar-refractivity contribution is 6.00. The second-order valence-corrected chi connectivity index (χ2v) is 6.20. The number of hydrogen-bond donors (Lipinski definition) is 2. The number of benzene rings is 1. The number of hydrogen-bond acceptors (Lipinski definition) is 4. The Bertz CT molecular complexity index is 566. The molecule has 124 valence electrons. The van der Waals surface area contributed by atoms with E-state index < -0.39 is 0 Å². The zero-order chi connectivity index (χ0) is 16.2. The molecule has 1 atom stereocenters.